The normalized spacial score (nSPS) is 18.0. The zero-order chi connectivity index (χ0) is 14.4. The maximum absolute atomic E-state index is 12.2. The number of carbonyl (C=O) groups is 1. The fraction of sp³-hybridized carbons (Fsp3) is 0.562. The van der Waals surface area contributed by atoms with E-state index in [1.165, 1.54) is 0 Å². The van der Waals surface area contributed by atoms with Crippen LogP contribution in [-0.2, 0) is 0 Å². The lowest BCUT2D eigenvalue weighted by molar-refractivity contribution is 0.0930. The van der Waals surface area contributed by atoms with E-state index in [9.17, 15) is 4.79 Å². The molecule has 1 aliphatic rings. The molecule has 1 aromatic rings. The first kappa shape index (κ1) is 17.8. The van der Waals surface area contributed by atoms with Gasteiger partial charge < -0.3 is 15.4 Å². The van der Waals surface area contributed by atoms with Crippen molar-refractivity contribution in [2.45, 2.75) is 32.7 Å². The minimum atomic E-state index is -0.0197. The largest absolute Gasteiger partial charge is 0.493 e. The molecule has 2 N–H and O–H groups in total. The van der Waals surface area contributed by atoms with Gasteiger partial charge in [0.15, 0.2) is 0 Å². The van der Waals surface area contributed by atoms with Crippen LogP contribution in [0.2, 0.25) is 0 Å². The van der Waals surface area contributed by atoms with Gasteiger partial charge in [0.25, 0.3) is 5.91 Å². The van der Waals surface area contributed by atoms with Crippen LogP contribution in [0.4, 0.5) is 0 Å². The molecule has 1 saturated heterocycles. The number of halogens is 1. The number of hydrogen-bond acceptors (Lipinski definition) is 3. The number of hydrogen-bond donors (Lipinski definition) is 2. The lowest BCUT2D eigenvalue weighted by atomic mass is 10.1. The molecule has 0 aliphatic carbocycles. The molecule has 0 bridgehead atoms. The van der Waals surface area contributed by atoms with E-state index in [0.29, 0.717) is 18.1 Å². The maximum atomic E-state index is 12.2. The standard InChI is InChI=1S/C16H24N2O2.ClH/c1-12(2)11-20-15-7-3-5-13(9-15)16(19)18-14-6-4-8-17-10-14;/h3,5,7,9,12,14,17H,4,6,8,10-11H2,1-2H3,(H,18,19);1H/t14-;/m0./s1. The number of nitrogens with one attached hydrogen (secondary N) is 2. The molecular weight excluding hydrogens is 288 g/mol. The van der Waals surface area contributed by atoms with E-state index in [0.717, 1.165) is 31.7 Å². The number of piperidine rings is 1. The Kier molecular flexibility index (Phi) is 7.54. The molecule has 1 aromatic carbocycles. The molecule has 0 saturated carbocycles. The monoisotopic (exact) mass is 312 g/mol. The van der Waals surface area contributed by atoms with E-state index >= 15 is 0 Å². The minimum Gasteiger partial charge on any atom is -0.493 e. The van der Waals surface area contributed by atoms with Gasteiger partial charge in [-0.2, -0.15) is 0 Å². The fourth-order valence-corrected chi connectivity index (χ4v) is 2.23. The summed E-state index contributed by atoms with van der Waals surface area (Å²) >= 11 is 0. The first-order valence-electron chi connectivity index (χ1n) is 7.39. The van der Waals surface area contributed by atoms with Gasteiger partial charge >= 0.3 is 0 Å². The highest BCUT2D eigenvalue weighted by Crippen LogP contribution is 2.15. The van der Waals surface area contributed by atoms with Gasteiger partial charge in [-0.15, -0.1) is 12.4 Å². The number of benzene rings is 1. The Morgan fingerprint density at radius 3 is 2.95 bits per heavy atom. The Balaban J connectivity index is 0.00000220. The van der Waals surface area contributed by atoms with Crippen LogP contribution in [0, 0.1) is 5.92 Å². The zero-order valence-corrected chi connectivity index (χ0v) is 13.5. The zero-order valence-electron chi connectivity index (χ0n) is 12.7. The first-order valence-corrected chi connectivity index (χ1v) is 7.39. The predicted octanol–water partition coefficient (Wildman–Crippen LogP) is 2.63. The van der Waals surface area contributed by atoms with Crippen molar-refractivity contribution in [2.75, 3.05) is 19.7 Å². The second-order valence-corrected chi connectivity index (χ2v) is 5.75. The van der Waals surface area contributed by atoms with Crippen molar-refractivity contribution >= 4 is 18.3 Å². The van der Waals surface area contributed by atoms with Crippen LogP contribution >= 0.6 is 12.4 Å². The third-order valence-electron chi connectivity index (χ3n) is 3.31. The lowest BCUT2D eigenvalue weighted by Crippen LogP contribution is -2.45. The summed E-state index contributed by atoms with van der Waals surface area (Å²) in [4.78, 5) is 12.2. The number of carbonyl (C=O) groups excluding carboxylic acids is 1. The highest BCUT2D eigenvalue weighted by atomic mass is 35.5. The summed E-state index contributed by atoms with van der Waals surface area (Å²) in [6, 6.07) is 7.63. The molecule has 0 radical (unpaired) electrons. The molecule has 5 heteroatoms. The van der Waals surface area contributed by atoms with Crippen LogP contribution in [-0.4, -0.2) is 31.6 Å². The highest BCUT2D eigenvalue weighted by Gasteiger charge is 2.16. The second kappa shape index (κ2) is 8.90. The summed E-state index contributed by atoms with van der Waals surface area (Å²) in [6.45, 7) is 6.77. The lowest BCUT2D eigenvalue weighted by Gasteiger charge is -2.23. The van der Waals surface area contributed by atoms with Crippen molar-refractivity contribution < 1.29 is 9.53 Å². The Bertz CT molecular complexity index is 446. The smallest absolute Gasteiger partial charge is 0.251 e. The number of amides is 1. The quantitative estimate of drug-likeness (QED) is 0.879. The van der Waals surface area contributed by atoms with Crippen molar-refractivity contribution in [1.29, 1.82) is 0 Å². The van der Waals surface area contributed by atoms with E-state index in [1.54, 1.807) is 0 Å². The molecule has 4 nitrogen and oxygen atoms in total. The van der Waals surface area contributed by atoms with E-state index in [4.69, 9.17) is 4.74 Å². The van der Waals surface area contributed by atoms with Crippen LogP contribution in [0.15, 0.2) is 24.3 Å². The molecule has 1 fully saturated rings. The Labute approximate surface area is 133 Å². The molecule has 21 heavy (non-hydrogen) atoms. The van der Waals surface area contributed by atoms with Gasteiger partial charge in [-0.3, -0.25) is 4.79 Å². The summed E-state index contributed by atoms with van der Waals surface area (Å²) in [5.74, 6) is 1.21. The molecule has 0 unspecified atom stereocenters. The van der Waals surface area contributed by atoms with Crippen LogP contribution in [0.5, 0.6) is 5.75 Å². The van der Waals surface area contributed by atoms with Crippen LogP contribution < -0.4 is 15.4 Å². The van der Waals surface area contributed by atoms with Gasteiger partial charge in [0.05, 0.1) is 6.61 Å². The average molecular weight is 313 g/mol. The van der Waals surface area contributed by atoms with Crippen molar-refractivity contribution in [2.24, 2.45) is 5.92 Å². The Morgan fingerprint density at radius 2 is 2.29 bits per heavy atom. The summed E-state index contributed by atoms with van der Waals surface area (Å²) in [5.41, 5.74) is 0.664. The molecular formula is C16H25ClN2O2. The van der Waals surface area contributed by atoms with Crippen LogP contribution in [0.25, 0.3) is 0 Å². The molecule has 1 amide bonds. The number of ether oxygens (including phenoxy) is 1. The molecule has 1 heterocycles. The third-order valence-corrected chi connectivity index (χ3v) is 3.31. The van der Waals surface area contributed by atoms with E-state index < -0.39 is 0 Å². The van der Waals surface area contributed by atoms with Gasteiger partial charge in [-0.1, -0.05) is 19.9 Å². The van der Waals surface area contributed by atoms with Gasteiger partial charge in [-0.05, 0) is 43.5 Å². The predicted molar refractivity (Wildman–Crippen MR) is 87.4 cm³/mol. The highest BCUT2D eigenvalue weighted by molar-refractivity contribution is 5.94. The summed E-state index contributed by atoms with van der Waals surface area (Å²) in [5, 5.41) is 6.37. The van der Waals surface area contributed by atoms with Gasteiger partial charge in [0.1, 0.15) is 5.75 Å². The second-order valence-electron chi connectivity index (χ2n) is 5.75. The van der Waals surface area contributed by atoms with Crippen molar-refractivity contribution in [3.8, 4) is 5.75 Å². The van der Waals surface area contributed by atoms with Gasteiger partial charge in [0, 0.05) is 18.2 Å². The molecule has 118 valence electrons. The SMILES string of the molecule is CC(C)COc1cccc(C(=O)N[C@H]2CCCNC2)c1.Cl. The number of rotatable bonds is 5. The molecule has 2 rings (SSSR count). The van der Waals surface area contributed by atoms with Crippen molar-refractivity contribution in [1.82, 2.24) is 10.6 Å². The summed E-state index contributed by atoms with van der Waals surface area (Å²) < 4.78 is 5.66. The van der Waals surface area contributed by atoms with Crippen LogP contribution in [0.3, 0.4) is 0 Å². The average Bonchev–Trinajstić information content (AvgIpc) is 2.46. The Morgan fingerprint density at radius 1 is 1.48 bits per heavy atom. The van der Waals surface area contributed by atoms with Gasteiger partial charge in [0.2, 0.25) is 0 Å². The van der Waals surface area contributed by atoms with E-state index in [1.807, 2.05) is 24.3 Å². The molecule has 1 aliphatic heterocycles. The first-order chi connectivity index (χ1) is 9.65. The van der Waals surface area contributed by atoms with Crippen molar-refractivity contribution in [3.05, 3.63) is 29.8 Å². The molecule has 1 atom stereocenters. The summed E-state index contributed by atoms with van der Waals surface area (Å²) in [6.07, 6.45) is 2.16. The van der Waals surface area contributed by atoms with E-state index in [2.05, 4.69) is 24.5 Å². The molecule has 0 aromatic heterocycles. The maximum Gasteiger partial charge on any atom is 0.251 e. The van der Waals surface area contributed by atoms with Crippen molar-refractivity contribution in [3.63, 3.8) is 0 Å². The third kappa shape index (κ3) is 5.94. The summed E-state index contributed by atoms with van der Waals surface area (Å²) in [7, 11) is 0. The fourth-order valence-electron chi connectivity index (χ4n) is 2.23. The molecule has 0 spiro atoms. The van der Waals surface area contributed by atoms with Gasteiger partial charge in [-0.25, -0.2) is 0 Å². The van der Waals surface area contributed by atoms with Crippen LogP contribution in [0.1, 0.15) is 37.0 Å². The topological polar surface area (TPSA) is 50.4 Å². The Hall–Kier alpha value is -1.26. The van der Waals surface area contributed by atoms with E-state index in [-0.39, 0.29) is 24.4 Å². The minimum absolute atomic E-state index is 0.